The van der Waals surface area contributed by atoms with Gasteiger partial charge in [-0.1, -0.05) is 35.4 Å². The van der Waals surface area contributed by atoms with Crippen LogP contribution in [0.15, 0.2) is 53.6 Å². The van der Waals surface area contributed by atoms with E-state index in [0.717, 1.165) is 22.0 Å². The van der Waals surface area contributed by atoms with Gasteiger partial charge in [-0.05, 0) is 36.8 Å². The number of benzene rings is 2. The molecule has 4 rings (SSSR count). The third-order valence-corrected chi connectivity index (χ3v) is 4.96. The summed E-state index contributed by atoms with van der Waals surface area (Å²) in [7, 11) is 0. The first-order chi connectivity index (χ1) is 13.5. The van der Waals surface area contributed by atoms with E-state index in [4.69, 9.17) is 11.6 Å². The highest BCUT2D eigenvalue weighted by molar-refractivity contribution is 6.30. The third kappa shape index (κ3) is 3.64. The molecular weight excluding hydrogens is 376 g/mol. The SMILES string of the molecule is Cc1ccc2[nH]c3c(=O)n(CCC(=O)NCc4ccc(Cl)cc4)cnc3c2c1. The number of halogens is 1. The Morgan fingerprint density at radius 3 is 2.79 bits per heavy atom. The predicted molar refractivity (Wildman–Crippen MR) is 111 cm³/mol. The number of nitrogens with zero attached hydrogens (tertiary/aromatic N) is 2. The second-order valence-corrected chi connectivity index (χ2v) is 7.23. The van der Waals surface area contributed by atoms with Crippen LogP contribution in [-0.4, -0.2) is 20.4 Å². The molecule has 2 N–H and O–H groups in total. The van der Waals surface area contributed by atoms with E-state index in [0.29, 0.717) is 22.6 Å². The fourth-order valence-electron chi connectivity index (χ4n) is 3.18. The molecule has 2 aromatic carbocycles. The van der Waals surface area contributed by atoms with Crippen LogP contribution in [0.4, 0.5) is 0 Å². The predicted octanol–water partition coefficient (Wildman–Crippen LogP) is 3.55. The number of aryl methyl sites for hydroxylation is 2. The maximum absolute atomic E-state index is 12.8. The zero-order valence-electron chi connectivity index (χ0n) is 15.3. The van der Waals surface area contributed by atoms with Gasteiger partial charge in [-0.15, -0.1) is 0 Å². The number of hydrogen-bond donors (Lipinski definition) is 2. The van der Waals surface area contributed by atoms with Gasteiger partial charge in [-0.3, -0.25) is 14.2 Å². The number of aromatic amines is 1. The largest absolute Gasteiger partial charge is 0.352 e. The summed E-state index contributed by atoms with van der Waals surface area (Å²) in [5.41, 5.74) is 3.90. The van der Waals surface area contributed by atoms with Crippen LogP contribution in [0, 0.1) is 6.92 Å². The Kier molecular flexibility index (Phi) is 4.88. The molecule has 0 unspecified atom stereocenters. The Bertz CT molecular complexity index is 1230. The van der Waals surface area contributed by atoms with E-state index in [1.165, 1.54) is 10.9 Å². The minimum Gasteiger partial charge on any atom is -0.352 e. The summed E-state index contributed by atoms with van der Waals surface area (Å²) < 4.78 is 1.46. The minimum absolute atomic E-state index is 0.130. The normalized spacial score (nSPS) is 11.2. The summed E-state index contributed by atoms with van der Waals surface area (Å²) in [5.74, 6) is -0.130. The maximum Gasteiger partial charge on any atom is 0.277 e. The molecule has 0 bridgehead atoms. The molecule has 2 heterocycles. The lowest BCUT2D eigenvalue weighted by Crippen LogP contribution is -2.27. The standard InChI is InChI=1S/C21H19ClN4O2/c1-13-2-7-17-16(10-13)19-20(25-17)21(28)26(12-24-19)9-8-18(27)23-11-14-3-5-15(22)6-4-14/h2-7,10,12,25H,8-9,11H2,1H3,(H,23,27). The van der Waals surface area contributed by atoms with Gasteiger partial charge in [0.1, 0.15) is 11.0 Å². The molecule has 0 atom stereocenters. The van der Waals surface area contributed by atoms with Crippen LogP contribution < -0.4 is 10.9 Å². The molecule has 0 aliphatic heterocycles. The Morgan fingerprint density at radius 1 is 1.21 bits per heavy atom. The smallest absolute Gasteiger partial charge is 0.277 e. The van der Waals surface area contributed by atoms with Crippen molar-refractivity contribution in [1.82, 2.24) is 19.9 Å². The van der Waals surface area contributed by atoms with Gasteiger partial charge in [0.2, 0.25) is 5.91 Å². The summed E-state index contributed by atoms with van der Waals surface area (Å²) in [6.45, 7) is 2.69. The first-order valence-corrected chi connectivity index (χ1v) is 9.38. The van der Waals surface area contributed by atoms with E-state index in [-0.39, 0.29) is 24.4 Å². The van der Waals surface area contributed by atoms with Crippen LogP contribution in [0.3, 0.4) is 0 Å². The molecule has 0 fully saturated rings. The van der Waals surface area contributed by atoms with E-state index in [1.807, 2.05) is 37.3 Å². The second-order valence-electron chi connectivity index (χ2n) is 6.79. The number of nitrogens with one attached hydrogen (secondary N) is 2. The zero-order valence-corrected chi connectivity index (χ0v) is 16.1. The second kappa shape index (κ2) is 7.48. The average molecular weight is 395 g/mol. The van der Waals surface area contributed by atoms with Crippen molar-refractivity contribution in [3.8, 4) is 0 Å². The molecule has 6 nitrogen and oxygen atoms in total. The third-order valence-electron chi connectivity index (χ3n) is 4.71. The van der Waals surface area contributed by atoms with Crippen molar-refractivity contribution in [2.24, 2.45) is 0 Å². The quantitative estimate of drug-likeness (QED) is 0.543. The van der Waals surface area contributed by atoms with Crippen molar-refractivity contribution in [1.29, 1.82) is 0 Å². The van der Waals surface area contributed by atoms with Crippen LogP contribution in [0.25, 0.3) is 21.9 Å². The molecule has 0 aliphatic rings. The number of amides is 1. The van der Waals surface area contributed by atoms with E-state index >= 15 is 0 Å². The van der Waals surface area contributed by atoms with Gasteiger partial charge in [0, 0.05) is 35.4 Å². The molecule has 2 aromatic heterocycles. The fourth-order valence-corrected chi connectivity index (χ4v) is 3.30. The lowest BCUT2D eigenvalue weighted by atomic mass is 10.2. The lowest BCUT2D eigenvalue weighted by Gasteiger charge is -2.07. The van der Waals surface area contributed by atoms with Gasteiger partial charge in [0.25, 0.3) is 5.56 Å². The number of aromatic nitrogens is 3. The number of carbonyl (C=O) groups is 1. The highest BCUT2D eigenvalue weighted by atomic mass is 35.5. The van der Waals surface area contributed by atoms with E-state index in [2.05, 4.69) is 15.3 Å². The Balaban J connectivity index is 1.46. The van der Waals surface area contributed by atoms with Crippen molar-refractivity contribution in [2.75, 3.05) is 0 Å². The first kappa shape index (κ1) is 18.3. The van der Waals surface area contributed by atoms with Crippen LogP contribution >= 0.6 is 11.6 Å². The van der Waals surface area contributed by atoms with Crippen LogP contribution in [-0.2, 0) is 17.9 Å². The van der Waals surface area contributed by atoms with E-state index in [1.54, 1.807) is 12.1 Å². The average Bonchev–Trinajstić information content (AvgIpc) is 3.06. The van der Waals surface area contributed by atoms with E-state index < -0.39 is 0 Å². The summed E-state index contributed by atoms with van der Waals surface area (Å²) in [4.78, 5) is 32.5. The fraction of sp³-hybridized carbons (Fsp3) is 0.190. The number of H-pyrrole nitrogens is 1. The van der Waals surface area contributed by atoms with Crippen molar-refractivity contribution in [2.45, 2.75) is 26.4 Å². The highest BCUT2D eigenvalue weighted by Crippen LogP contribution is 2.22. The monoisotopic (exact) mass is 394 g/mol. The molecule has 0 saturated heterocycles. The highest BCUT2D eigenvalue weighted by Gasteiger charge is 2.12. The molecule has 1 amide bonds. The number of fused-ring (bicyclic) bond motifs is 3. The maximum atomic E-state index is 12.8. The molecular formula is C21H19ClN4O2. The molecule has 0 aliphatic carbocycles. The lowest BCUT2D eigenvalue weighted by molar-refractivity contribution is -0.121. The number of hydrogen-bond acceptors (Lipinski definition) is 3. The Morgan fingerprint density at radius 2 is 2.00 bits per heavy atom. The zero-order chi connectivity index (χ0) is 19.7. The van der Waals surface area contributed by atoms with Crippen molar-refractivity contribution < 1.29 is 4.79 Å². The van der Waals surface area contributed by atoms with Gasteiger partial charge < -0.3 is 10.3 Å². The number of rotatable bonds is 5. The van der Waals surface area contributed by atoms with Gasteiger partial charge in [0.05, 0.1) is 6.33 Å². The van der Waals surface area contributed by atoms with E-state index in [9.17, 15) is 9.59 Å². The summed E-state index contributed by atoms with van der Waals surface area (Å²) in [6.07, 6.45) is 1.70. The molecule has 4 aromatic rings. The number of carbonyl (C=O) groups excluding carboxylic acids is 1. The van der Waals surface area contributed by atoms with Gasteiger partial charge in [-0.25, -0.2) is 4.98 Å². The molecule has 0 spiro atoms. The summed E-state index contributed by atoms with van der Waals surface area (Å²) in [5, 5.41) is 4.43. The first-order valence-electron chi connectivity index (χ1n) is 9.00. The van der Waals surface area contributed by atoms with Crippen molar-refractivity contribution in [3.05, 3.63) is 75.3 Å². The summed E-state index contributed by atoms with van der Waals surface area (Å²) in [6, 6.07) is 13.2. The van der Waals surface area contributed by atoms with Crippen LogP contribution in [0.2, 0.25) is 5.02 Å². The van der Waals surface area contributed by atoms with Crippen molar-refractivity contribution >= 4 is 39.4 Å². The van der Waals surface area contributed by atoms with Gasteiger partial charge in [-0.2, -0.15) is 0 Å². The topological polar surface area (TPSA) is 79.8 Å². The van der Waals surface area contributed by atoms with Crippen LogP contribution in [0.5, 0.6) is 0 Å². The van der Waals surface area contributed by atoms with Crippen molar-refractivity contribution in [3.63, 3.8) is 0 Å². The Hall–Kier alpha value is -3.12. The molecule has 28 heavy (non-hydrogen) atoms. The van der Waals surface area contributed by atoms with Gasteiger partial charge in [0.15, 0.2) is 0 Å². The molecule has 7 heteroatoms. The molecule has 0 saturated carbocycles. The minimum atomic E-state index is -0.177. The summed E-state index contributed by atoms with van der Waals surface area (Å²) >= 11 is 5.85. The van der Waals surface area contributed by atoms with Crippen LogP contribution in [0.1, 0.15) is 17.5 Å². The van der Waals surface area contributed by atoms with Gasteiger partial charge >= 0.3 is 0 Å². The molecule has 0 radical (unpaired) electrons. The Labute approximate surface area is 166 Å². The molecule has 142 valence electrons.